The van der Waals surface area contributed by atoms with Crippen LogP contribution in [-0.4, -0.2) is 43.2 Å². The van der Waals surface area contributed by atoms with E-state index in [0.29, 0.717) is 19.6 Å². The summed E-state index contributed by atoms with van der Waals surface area (Å²) in [4.78, 5) is 23.4. The number of ether oxygens (including phenoxy) is 1. The average Bonchev–Trinajstić information content (AvgIpc) is 2.41. The summed E-state index contributed by atoms with van der Waals surface area (Å²) >= 11 is 0. The maximum absolute atomic E-state index is 12.1. The second kappa shape index (κ2) is 9.79. The minimum absolute atomic E-state index is 0.00748. The highest BCUT2D eigenvalue weighted by atomic mass is 16.5. The van der Waals surface area contributed by atoms with Gasteiger partial charge >= 0.3 is 0 Å². The average molecular weight is 313 g/mol. The fraction of sp³-hybridized carbons (Fsp3) is 0.875. The van der Waals surface area contributed by atoms with Gasteiger partial charge in [-0.3, -0.25) is 9.59 Å². The summed E-state index contributed by atoms with van der Waals surface area (Å²) in [5.74, 6) is -0.413. The van der Waals surface area contributed by atoms with E-state index in [1.54, 1.807) is 0 Å². The van der Waals surface area contributed by atoms with Crippen LogP contribution in [0, 0.1) is 0 Å². The molecule has 0 spiro atoms. The molecule has 1 heterocycles. The molecule has 128 valence electrons. The number of hydrogen-bond acceptors (Lipinski definition) is 4. The quantitative estimate of drug-likeness (QED) is 0.470. The summed E-state index contributed by atoms with van der Waals surface area (Å²) in [5.41, 5.74) is 4.98. The Hall–Kier alpha value is -1.14. The standard InChI is InChI=1S/C16H31N3O3/c1-3-5-6-7-8-9-15(21)19-13(10-14(17)20)16(18-4-2)11-22-12-16/h13,18H,3-12H2,1-2H3,(H2,17,20)(H,19,21)/t13-/m1/s1. The summed E-state index contributed by atoms with van der Waals surface area (Å²) in [5, 5.41) is 6.33. The molecule has 1 rings (SSSR count). The van der Waals surface area contributed by atoms with Gasteiger partial charge in [-0.25, -0.2) is 0 Å². The van der Waals surface area contributed by atoms with E-state index in [2.05, 4.69) is 17.6 Å². The van der Waals surface area contributed by atoms with E-state index in [0.717, 1.165) is 19.4 Å². The van der Waals surface area contributed by atoms with Crippen molar-refractivity contribution in [2.45, 2.75) is 70.4 Å². The largest absolute Gasteiger partial charge is 0.377 e. The van der Waals surface area contributed by atoms with E-state index in [-0.39, 0.29) is 23.9 Å². The number of hydrogen-bond donors (Lipinski definition) is 3. The van der Waals surface area contributed by atoms with Crippen molar-refractivity contribution >= 4 is 11.8 Å². The maximum atomic E-state index is 12.1. The zero-order valence-corrected chi connectivity index (χ0v) is 14.0. The highest BCUT2D eigenvalue weighted by Gasteiger charge is 2.46. The Morgan fingerprint density at radius 3 is 2.36 bits per heavy atom. The second-order valence-electron chi connectivity index (χ2n) is 6.13. The van der Waals surface area contributed by atoms with Gasteiger partial charge in [0, 0.05) is 12.8 Å². The number of nitrogens with two attached hydrogens (primary N) is 1. The van der Waals surface area contributed by atoms with Crippen molar-refractivity contribution in [1.82, 2.24) is 10.6 Å². The third-order valence-electron chi connectivity index (χ3n) is 4.16. The Balaban J connectivity index is 2.47. The first-order valence-corrected chi connectivity index (χ1v) is 8.44. The fourth-order valence-corrected chi connectivity index (χ4v) is 2.84. The molecule has 0 aromatic rings. The Kier molecular flexibility index (Phi) is 8.42. The minimum atomic E-state index is -0.405. The van der Waals surface area contributed by atoms with Crippen molar-refractivity contribution in [1.29, 1.82) is 0 Å². The Morgan fingerprint density at radius 1 is 1.18 bits per heavy atom. The maximum Gasteiger partial charge on any atom is 0.220 e. The number of carbonyl (C=O) groups is 2. The molecule has 1 saturated heterocycles. The highest BCUT2D eigenvalue weighted by Crippen LogP contribution is 2.23. The van der Waals surface area contributed by atoms with Crippen LogP contribution in [0.5, 0.6) is 0 Å². The van der Waals surface area contributed by atoms with E-state index < -0.39 is 5.91 Å². The molecule has 0 aromatic heterocycles. The molecule has 0 aromatic carbocycles. The number of unbranched alkanes of at least 4 members (excludes halogenated alkanes) is 4. The van der Waals surface area contributed by atoms with E-state index in [1.165, 1.54) is 19.3 Å². The van der Waals surface area contributed by atoms with Crippen LogP contribution in [-0.2, 0) is 14.3 Å². The molecule has 1 atom stereocenters. The first kappa shape index (κ1) is 18.9. The van der Waals surface area contributed by atoms with Crippen LogP contribution in [0.2, 0.25) is 0 Å². The van der Waals surface area contributed by atoms with Crippen molar-refractivity contribution in [3.8, 4) is 0 Å². The number of rotatable bonds is 12. The Morgan fingerprint density at radius 2 is 1.86 bits per heavy atom. The Bertz CT molecular complexity index is 357. The topological polar surface area (TPSA) is 93.5 Å². The SMILES string of the molecule is CCCCCCCC(=O)N[C@H](CC(N)=O)C1(NCC)COC1. The lowest BCUT2D eigenvalue weighted by Crippen LogP contribution is -2.71. The van der Waals surface area contributed by atoms with Crippen molar-refractivity contribution < 1.29 is 14.3 Å². The fourth-order valence-electron chi connectivity index (χ4n) is 2.84. The number of carbonyl (C=O) groups excluding carboxylic acids is 2. The number of likely N-dealkylation sites (N-methyl/N-ethyl adjacent to an activating group) is 1. The molecule has 6 heteroatoms. The number of nitrogens with one attached hydrogen (secondary N) is 2. The van der Waals surface area contributed by atoms with Gasteiger partial charge in [0.05, 0.1) is 24.8 Å². The lowest BCUT2D eigenvalue weighted by molar-refractivity contribution is -0.131. The lowest BCUT2D eigenvalue weighted by atomic mass is 9.85. The molecule has 0 aliphatic carbocycles. The van der Waals surface area contributed by atoms with Gasteiger partial charge in [0.25, 0.3) is 0 Å². The second-order valence-corrected chi connectivity index (χ2v) is 6.13. The lowest BCUT2D eigenvalue weighted by Gasteiger charge is -2.47. The molecular formula is C16H31N3O3. The highest BCUT2D eigenvalue weighted by molar-refractivity contribution is 5.79. The van der Waals surface area contributed by atoms with Gasteiger partial charge in [-0.2, -0.15) is 0 Å². The van der Waals surface area contributed by atoms with Gasteiger partial charge in [0.15, 0.2) is 0 Å². The summed E-state index contributed by atoms with van der Waals surface area (Å²) < 4.78 is 5.29. The van der Waals surface area contributed by atoms with Crippen LogP contribution in [0.4, 0.5) is 0 Å². The van der Waals surface area contributed by atoms with Gasteiger partial charge in [-0.1, -0.05) is 39.5 Å². The van der Waals surface area contributed by atoms with Crippen LogP contribution >= 0.6 is 0 Å². The van der Waals surface area contributed by atoms with Crippen LogP contribution < -0.4 is 16.4 Å². The zero-order valence-electron chi connectivity index (χ0n) is 14.0. The van der Waals surface area contributed by atoms with Gasteiger partial charge in [-0.05, 0) is 13.0 Å². The molecule has 0 unspecified atom stereocenters. The summed E-state index contributed by atoms with van der Waals surface area (Å²) in [6, 6.07) is -0.304. The first-order valence-electron chi connectivity index (χ1n) is 8.44. The van der Waals surface area contributed by atoms with Crippen molar-refractivity contribution in [2.24, 2.45) is 5.73 Å². The van der Waals surface area contributed by atoms with Crippen LogP contribution in [0.15, 0.2) is 0 Å². The molecule has 4 N–H and O–H groups in total. The van der Waals surface area contributed by atoms with Crippen LogP contribution in [0.1, 0.15) is 58.8 Å². The van der Waals surface area contributed by atoms with Gasteiger partial charge in [-0.15, -0.1) is 0 Å². The third kappa shape index (κ3) is 5.93. The van der Waals surface area contributed by atoms with Crippen molar-refractivity contribution in [3.05, 3.63) is 0 Å². The molecule has 1 fully saturated rings. The molecule has 1 aliphatic rings. The predicted octanol–water partition coefficient (Wildman–Crippen LogP) is 1.09. The molecule has 22 heavy (non-hydrogen) atoms. The first-order chi connectivity index (χ1) is 10.5. The van der Waals surface area contributed by atoms with Crippen molar-refractivity contribution in [2.75, 3.05) is 19.8 Å². The minimum Gasteiger partial charge on any atom is -0.377 e. The van der Waals surface area contributed by atoms with Gasteiger partial charge < -0.3 is 21.1 Å². The molecule has 1 aliphatic heterocycles. The van der Waals surface area contributed by atoms with Gasteiger partial charge in [0.1, 0.15) is 0 Å². The smallest absolute Gasteiger partial charge is 0.220 e. The monoisotopic (exact) mass is 313 g/mol. The zero-order chi connectivity index (χ0) is 16.4. The molecule has 0 radical (unpaired) electrons. The number of amides is 2. The van der Waals surface area contributed by atoms with Crippen LogP contribution in [0.25, 0.3) is 0 Å². The predicted molar refractivity (Wildman–Crippen MR) is 86.3 cm³/mol. The molecular weight excluding hydrogens is 282 g/mol. The summed E-state index contributed by atoms with van der Waals surface area (Å²) in [6.45, 7) is 5.91. The molecule has 2 amide bonds. The third-order valence-corrected chi connectivity index (χ3v) is 4.16. The Labute approximate surface area is 133 Å². The van der Waals surface area contributed by atoms with E-state index >= 15 is 0 Å². The number of primary amides is 1. The molecule has 6 nitrogen and oxygen atoms in total. The van der Waals surface area contributed by atoms with E-state index in [9.17, 15) is 9.59 Å². The van der Waals surface area contributed by atoms with E-state index in [4.69, 9.17) is 10.5 Å². The molecule has 0 bridgehead atoms. The normalized spacial score (nSPS) is 17.5. The molecule has 0 saturated carbocycles. The summed E-state index contributed by atoms with van der Waals surface area (Å²) in [7, 11) is 0. The van der Waals surface area contributed by atoms with E-state index in [1.807, 2.05) is 6.92 Å². The van der Waals surface area contributed by atoms with Crippen molar-refractivity contribution in [3.63, 3.8) is 0 Å². The van der Waals surface area contributed by atoms with Gasteiger partial charge in [0.2, 0.25) is 11.8 Å². The summed E-state index contributed by atoms with van der Waals surface area (Å²) in [6.07, 6.45) is 6.18. The van der Waals surface area contributed by atoms with Crippen LogP contribution in [0.3, 0.4) is 0 Å².